The van der Waals surface area contributed by atoms with Crippen LogP contribution in [0.3, 0.4) is 0 Å². The lowest BCUT2D eigenvalue weighted by Crippen LogP contribution is -2.39. The molecule has 4 heteroatoms. The molecule has 1 aliphatic rings. The predicted octanol–water partition coefficient (Wildman–Crippen LogP) is 5.35. The monoisotopic (exact) mass is 379 g/mol. The summed E-state index contributed by atoms with van der Waals surface area (Å²) in [4.78, 5) is 15.1. The maximum atomic E-state index is 11.3. The van der Waals surface area contributed by atoms with Gasteiger partial charge in [0.25, 0.3) is 0 Å². The Morgan fingerprint density at radius 1 is 1.15 bits per heavy atom. The van der Waals surface area contributed by atoms with E-state index in [1.807, 2.05) is 11.3 Å². The zero-order valence-electron chi connectivity index (χ0n) is 15.6. The van der Waals surface area contributed by atoms with E-state index in [4.69, 9.17) is 0 Å². The molecule has 1 unspecified atom stereocenters. The van der Waals surface area contributed by atoms with Crippen molar-refractivity contribution in [1.29, 1.82) is 0 Å². The van der Waals surface area contributed by atoms with Crippen LogP contribution < -0.4 is 0 Å². The second-order valence-corrected chi connectivity index (χ2v) is 8.45. The molecule has 1 saturated heterocycles. The van der Waals surface area contributed by atoms with Gasteiger partial charge in [0.1, 0.15) is 0 Å². The fourth-order valence-electron chi connectivity index (χ4n) is 4.03. The van der Waals surface area contributed by atoms with Gasteiger partial charge in [0, 0.05) is 9.58 Å². The number of carboxylic acids is 1. The topological polar surface area (TPSA) is 40.5 Å². The first kappa shape index (κ1) is 18.2. The standard InChI is InChI=1S/C23H25NO2S/c1-2-16-7-9-17(10-8-16)22(24-13-11-18(12-14-24)23(25)26)21-15-19-5-3-4-6-20(19)27-21/h3-10,15,18,22H,2,11-14H2,1H3,(H,25,26). The summed E-state index contributed by atoms with van der Waals surface area (Å²) in [5.41, 5.74) is 2.64. The van der Waals surface area contributed by atoms with Crippen molar-refractivity contribution in [3.63, 3.8) is 0 Å². The van der Waals surface area contributed by atoms with Crippen molar-refractivity contribution < 1.29 is 9.90 Å². The number of carboxylic acid groups (broad SMARTS) is 1. The summed E-state index contributed by atoms with van der Waals surface area (Å²) in [7, 11) is 0. The van der Waals surface area contributed by atoms with Gasteiger partial charge in [-0.2, -0.15) is 0 Å². The Labute approximate surface area is 164 Å². The van der Waals surface area contributed by atoms with Crippen LogP contribution in [0.25, 0.3) is 10.1 Å². The average molecular weight is 380 g/mol. The van der Waals surface area contributed by atoms with E-state index in [0.717, 1.165) is 32.4 Å². The number of aliphatic carboxylic acids is 1. The number of aryl methyl sites for hydroxylation is 1. The Bertz CT molecular complexity index is 890. The largest absolute Gasteiger partial charge is 0.481 e. The Morgan fingerprint density at radius 2 is 1.85 bits per heavy atom. The van der Waals surface area contributed by atoms with Crippen LogP contribution in [-0.2, 0) is 11.2 Å². The quantitative estimate of drug-likeness (QED) is 0.650. The zero-order chi connectivity index (χ0) is 18.8. The van der Waals surface area contributed by atoms with Crippen LogP contribution in [0.1, 0.15) is 41.8 Å². The van der Waals surface area contributed by atoms with Crippen molar-refractivity contribution in [2.24, 2.45) is 5.92 Å². The van der Waals surface area contributed by atoms with Crippen molar-refractivity contribution in [1.82, 2.24) is 4.90 Å². The maximum Gasteiger partial charge on any atom is 0.306 e. The number of hydrogen-bond donors (Lipinski definition) is 1. The molecule has 0 spiro atoms. The molecule has 1 atom stereocenters. The lowest BCUT2D eigenvalue weighted by molar-refractivity contribution is -0.143. The summed E-state index contributed by atoms with van der Waals surface area (Å²) in [6.45, 7) is 3.83. The summed E-state index contributed by atoms with van der Waals surface area (Å²) in [5, 5.41) is 10.6. The zero-order valence-corrected chi connectivity index (χ0v) is 16.4. The van der Waals surface area contributed by atoms with Crippen LogP contribution in [0.4, 0.5) is 0 Å². The van der Waals surface area contributed by atoms with E-state index < -0.39 is 5.97 Å². The number of piperidine rings is 1. The van der Waals surface area contributed by atoms with Gasteiger partial charge >= 0.3 is 5.97 Å². The highest BCUT2D eigenvalue weighted by Gasteiger charge is 2.31. The smallest absolute Gasteiger partial charge is 0.306 e. The molecule has 0 radical (unpaired) electrons. The van der Waals surface area contributed by atoms with E-state index in [-0.39, 0.29) is 12.0 Å². The highest BCUT2D eigenvalue weighted by atomic mass is 32.1. The van der Waals surface area contributed by atoms with Crippen molar-refractivity contribution in [3.8, 4) is 0 Å². The molecule has 140 valence electrons. The van der Waals surface area contributed by atoms with Crippen molar-refractivity contribution in [2.45, 2.75) is 32.2 Å². The average Bonchev–Trinajstić information content (AvgIpc) is 3.12. The number of thiophene rings is 1. The van der Waals surface area contributed by atoms with Crippen molar-refractivity contribution in [3.05, 3.63) is 70.6 Å². The molecule has 0 aliphatic carbocycles. The molecule has 27 heavy (non-hydrogen) atoms. The summed E-state index contributed by atoms with van der Waals surface area (Å²) < 4.78 is 1.31. The number of fused-ring (bicyclic) bond motifs is 1. The number of carbonyl (C=O) groups is 1. The first-order valence-corrected chi connectivity index (χ1v) is 10.5. The highest BCUT2D eigenvalue weighted by molar-refractivity contribution is 7.19. The maximum absolute atomic E-state index is 11.3. The molecule has 2 heterocycles. The minimum Gasteiger partial charge on any atom is -0.481 e. The molecule has 4 rings (SSSR count). The predicted molar refractivity (Wildman–Crippen MR) is 111 cm³/mol. The SMILES string of the molecule is CCc1ccc(C(c2cc3ccccc3s2)N2CCC(C(=O)O)CC2)cc1. The van der Waals surface area contributed by atoms with Crippen LogP contribution in [0.2, 0.25) is 0 Å². The molecule has 1 aromatic heterocycles. The Hall–Kier alpha value is -2.17. The second kappa shape index (κ2) is 7.83. The van der Waals surface area contributed by atoms with Crippen LogP contribution >= 0.6 is 11.3 Å². The lowest BCUT2D eigenvalue weighted by atomic mass is 9.93. The van der Waals surface area contributed by atoms with Crippen LogP contribution in [0.5, 0.6) is 0 Å². The number of benzene rings is 2. The molecule has 1 fully saturated rings. The molecule has 0 saturated carbocycles. The summed E-state index contributed by atoms with van der Waals surface area (Å²) in [5.74, 6) is -0.855. The molecular weight excluding hydrogens is 354 g/mol. The minimum absolute atomic E-state index is 0.197. The Balaban J connectivity index is 1.69. The first-order chi connectivity index (χ1) is 13.2. The lowest BCUT2D eigenvalue weighted by Gasteiger charge is -2.36. The van der Waals surface area contributed by atoms with Crippen LogP contribution in [-0.4, -0.2) is 29.1 Å². The van der Waals surface area contributed by atoms with Gasteiger partial charge in [0.2, 0.25) is 0 Å². The number of nitrogens with zero attached hydrogens (tertiary/aromatic N) is 1. The fraction of sp³-hybridized carbons (Fsp3) is 0.348. The Morgan fingerprint density at radius 3 is 2.48 bits per heavy atom. The van der Waals surface area contributed by atoms with Gasteiger partial charge in [-0.3, -0.25) is 9.69 Å². The van der Waals surface area contributed by atoms with Crippen LogP contribution in [0, 0.1) is 5.92 Å². The van der Waals surface area contributed by atoms with Gasteiger partial charge in [-0.25, -0.2) is 0 Å². The molecule has 3 aromatic rings. The van der Waals surface area contributed by atoms with E-state index in [1.54, 1.807) is 0 Å². The van der Waals surface area contributed by atoms with E-state index in [2.05, 4.69) is 66.4 Å². The summed E-state index contributed by atoms with van der Waals surface area (Å²) >= 11 is 1.85. The van der Waals surface area contributed by atoms with Crippen molar-refractivity contribution in [2.75, 3.05) is 13.1 Å². The molecule has 1 aliphatic heterocycles. The third-order valence-electron chi connectivity index (χ3n) is 5.66. The molecule has 2 aromatic carbocycles. The van der Waals surface area contributed by atoms with E-state index in [9.17, 15) is 9.90 Å². The van der Waals surface area contributed by atoms with Crippen LogP contribution in [0.15, 0.2) is 54.6 Å². The molecule has 0 bridgehead atoms. The van der Waals surface area contributed by atoms with E-state index >= 15 is 0 Å². The second-order valence-electron chi connectivity index (χ2n) is 7.33. The third kappa shape index (κ3) is 3.78. The van der Waals surface area contributed by atoms with Gasteiger partial charge in [-0.05, 0) is 61.0 Å². The third-order valence-corrected chi connectivity index (χ3v) is 6.83. The van der Waals surface area contributed by atoms with E-state index in [0.29, 0.717) is 0 Å². The number of hydrogen-bond acceptors (Lipinski definition) is 3. The molecular formula is C23H25NO2S. The Kier molecular flexibility index (Phi) is 5.28. The number of likely N-dealkylation sites (tertiary alicyclic amines) is 1. The molecule has 3 nitrogen and oxygen atoms in total. The van der Waals surface area contributed by atoms with Crippen molar-refractivity contribution >= 4 is 27.4 Å². The molecule has 1 N–H and O–H groups in total. The minimum atomic E-state index is -0.652. The van der Waals surface area contributed by atoms with Gasteiger partial charge in [0.15, 0.2) is 0 Å². The highest BCUT2D eigenvalue weighted by Crippen LogP contribution is 2.38. The number of rotatable bonds is 5. The van der Waals surface area contributed by atoms with Gasteiger partial charge < -0.3 is 5.11 Å². The fourth-order valence-corrected chi connectivity index (χ4v) is 5.26. The van der Waals surface area contributed by atoms with E-state index in [1.165, 1.54) is 26.1 Å². The van der Waals surface area contributed by atoms with Gasteiger partial charge in [-0.1, -0.05) is 49.4 Å². The van der Waals surface area contributed by atoms with Gasteiger partial charge in [-0.15, -0.1) is 11.3 Å². The normalized spacial score (nSPS) is 17.2. The summed E-state index contributed by atoms with van der Waals surface area (Å²) in [6, 6.07) is 20.0. The molecule has 0 amide bonds. The first-order valence-electron chi connectivity index (χ1n) is 9.70. The summed E-state index contributed by atoms with van der Waals surface area (Å²) in [6.07, 6.45) is 2.49. The van der Waals surface area contributed by atoms with Gasteiger partial charge in [0.05, 0.1) is 12.0 Å².